The molecule has 3 heteroatoms. The lowest BCUT2D eigenvalue weighted by Crippen LogP contribution is -2.29. The van der Waals surface area contributed by atoms with Gasteiger partial charge in [0.15, 0.2) is 0 Å². The second kappa shape index (κ2) is 5.76. The van der Waals surface area contributed by atoms with Gasteiger partial charge in [0, 0.05) is 17.5 Å². The molecular weight excluding hydrogens is 210 g/mol. The van der Waals surface area contributed by atoms with E-state index in [0.29, 0.717) is 6.54 Å². The molecule has 1 N–H and O–H groups in total. The van der Waals surface area contributed by atoms with Crippen molar-refractivity contribution >= 4 is 17.5 Å². The highest BCUT2D eigenvalue weighted by molar-refractivity contribution is 6.20. The van der Waals surface area contributed by atoms with Crippen LogP contribution in [0.25, 0.3) is 0 Å². The van der Waals surface area contributed by atoms with Gasteiger partial charge in [0.2, 0.25) is 0 Å². The normalized spacial score (nSPS) is 12.2. The molecule has 0 aliphatic heterocycles. The summed E-state index contributed by atoms with van der Waals surface area (Å²) in [5, 5.41) is 2.76. The largest absolute Gasteiger partial charge is 0.351 e. The van der Waals surface area contributed by atoms with Gasteiger partial charge in [-0.05, 0) is 25.0 Å². The maximum Gasteiger partial charge on any atom is 0.251 e. The van der Waals surface area contributed by atoms with Gasteiger partial charge >= 0.3 is 0 Å². The smallest absolute Gasteiger partial charge is 0.251 e. The minimum atomic E-state index is -0.0417. The molecule has 1 unspecified atom stereocenters. The maximum absolute atomic E-state index is 11.8. The van der Waals surface area contributed by atoms with E-state index >= 15 is 0 Å². The molecule has 0 aliphatic carbocycles. The second-order valence-electron chi connectivity index (χ2n) is 3.50. The zero-order valence-corrected chi connectivity index (χ0v) is 9.84. The molecule has 0 bridgehead atoms. The van der Waals surface area contributed by atoms with Crippen molar-refractivity contribution in [3.8, 4) is 0 Å². The third-order valence-corrected chi connectivity index (χ3v) is 2.34. The van der Waals surface area contributed by atoms with Gasteiger partial charge in [-0.3, -0.25) is 4.79 Å². The minimum Gasteiger partial charge on any atom is -0.351 e. The number of amides is 1. The van der Waals surface area contributed by atoms with Gasteiger partial charge in [-0.15, -0.1) is 11.6 Å². The van der Waals surface area contributed by atoms with Gasteiger partial charge in [0.1, 0.15) is 0 Å². The van der Waals surface area contributed by atoms with E-state index in [1.807, 2.05) is 38.1 Å². The minimum absolute atomic E-state index is 0.0391. The van der Waals surface area contributed by atoms with Gasteiger partial charge in [0.25, 0.3) is 5.91 Å². The van der Waals surface area contributed by atoms with Crippen molar-refractivity contribution in [2.75, 3.05) is 6.54 Å². The summed E-state index contributed by atoms with van der Waals surface area (Å²) in [4.78, 5) is 11.8. The van der Waals surface area contributed by atoms with Crippen LogP contribution in [0.5, 0.6) is 0 Å². The lowest BCUT2D eigenvalue weighted by Gasteiger charge is -2.09. The fourth-order valence-electron chi connectivity index (χ4n) is 1.38. The van der Waals surface area contributed by atoms with Crippen molar-refractivity contribution in [2.24, 2.45) is 0 Å². The molecule has 0 aliphatic rings. The van der Waals surface area contributed by atoms with Crippen LogP contribution in [0.2, 0.25) is 0 Å². The Hall–Kier alpha value is -1.02. The van der Waals surface area contributed by atoms with Gasteiger partial charge in [-0.25, -0.2) is 0 Å². The first-order valence-corrected chi connectivity index (χ1v) is 5.59. The van der Waals surface area contributed by atoms with E-state index in [2.05, 4.69) is 5.32 Å². The summed E-state index contributed by atoms with van der Waals surface area (Å²) in [6, 6.07) is 7.63. The number of hydrogen-bond acceptors (Lipinski definition) is 1. The molecule has 0 fully saturated rings. The van der Waals surface area contributed by atoms with E-state index in [1.165, 1.54) is 0 Å². The fourth-order valence-corrected chi connectivity index (χ4v) is 1.46. The van der Waals surface area contributed by atoms with Crippen LogP contribution in [0.1, 0.15) is 29.8 Å². The van der Waals surface area contributed by atoms with E-state index in [9.17, 15) is 4.79 Å². The summed E-state index contributed by atoms with van der Waals surface area (Å²) in [6.45, 7) is 4.39. The number of hydrogen-bond donors (Lipinski definition) is 1. The number of nitrogens with one attached hydrogen (secondary N) is 1. The molecule has 0 aromatic heterocycles. The van der Waals surface area contributed by atoms with Gasteiger partial charge in [-0.1, -0.05) is 25.1 Å². The molecule has 2 nitrogen and oxygen atoms in total. The van der Waals surface area contributed by atoms with E-state index in [0.717, 1.165) is 17.5 Å². The molecule has 0 saturated heterocycles. The van der Waals surface area contributed by atoms with Crippen molar-refractivity contribution in [1.29, 1.82) is 0 Å². The molecule has 0 heterocycles. The van der Waals surface area contributed by atoms with Gasteiger partial charge < -0.3 is 5.32 Å². The fraction of sp³-hybridized carbons (Fsp3) is 0.417. The molecule has 1 rings (SSSR count). The van der Waals surface area contributed by atoms with E-state index in [-0.39, 0.29) is 11.3 Å². The van der Waals surface area contributed by atoms with Crippen molar-refractivity contribution < 1.29 is 4.79 Å². The Bertz CT molecular complexity index is 336. The first-order chi connectivity index (χ1) is 7.15. The first kappa shape index (κ1) is 12.1. The predicted octanol–water partition coefficient (Wildman–Crippen LogP) is 2.61. The zero-order valence-electron chi connectivity index (χ0n) is 9.09. The topological polar surface area (TPSA) is 29.1 Å². The molecule has 1 aromatic rings. The van der Waals surface area contributed by atoms with Crippen LogP contribution in [0.3, 0.4) is 0 Å². The summed E-state index contributed by atoms with van der Waals surface area (Å²) < 4.78 is 0. The predicted molar refractivity (Wildman–Crippen MR) is 63.5 cm³/mol. The van der Waals surface area contributed by atoms with Crippen molar-refractivity contribution in [2.45, 2.75) is 25.6 Å². The first-order valence-electron chi connectivity index (χ1n) is 5.15. The third kappa shape index (κ3) is 3.56. The van der Waals surface area contributed by atoms with E-state index < -0.39 is 0 Å². The quantitative estimate of drug-likeness (QED) is 0.785. The number of aryl methyl sites for hydroxylation is 1. The molecular formula is C12H16ClNO. The summed E-state index contributed by atoms with van der Waals surface area (Å²) in [5.74, 6) is -0.0417. The molecule has 0 spiro atoms. The molecule has 82 valence electrons. The Morgan fingerprint density at radius 3 is 2.73 bits per heavy atom. The molecule has 1 atom stereocenters. The molecule has 1 amide bonds. The zero-order chi connectivity index (χ0) is 11.3. The van der Waals surface area contributed by atoms with Crippen LogP contribution >= 0.6 is 11.6 Å². The monoisotopic (exact) mass is 225 g/mol. The Kier molecular flexibility index (Phi) is 4.63. The Morgan fingerprint density at radius 2 is 2.13 bits per heavy atom. The number of benzene rings is 1. The van der Waals surface area contributed by atoms with Crippen LogP contribution in [-0.2, 0) is 6.42 Å². The van der Waals surface area contributed by atoms with E-state index in [4.69, 9.17) is 11.6 Å². The highest BCUT2D eigenvalue weighted by Crippen LogP contribution is 2.09. The summed E-state index contributed by atoms with van der Waals surface area (Å²) in [6.07, 6.45) is 0.861. The lowest BCUT2D eigenvalue weighted by atomic mass is 10.0. The lowest BCUT2D eigenvalue weighted by molar-refractivity contribution is 0.0953. The van der Waals surface area contributed by atoms with Gasteiger partial charge in [-0.2, -0.15) is 0 Å². The molecule has 0 saturated carbocycles. The Balaban J connectivity index is 2.72. The Labute approximate surface area is 95.6 Å². The number of halogens is 1. The van der Waals surface area contributed by atoms with Crippen molar-refractivity contribution in [3.63, 3.8) is 0 Å². The standard InChI is InChI=1S/C12H16ClNO/c1-3-10-6-4-5-7-11(10)12(15)14-8-9(2)13/h4-7,9H,3,8H2,1-2H3,(H,14,15). The van der Waals surface area contributed by atoms with Crippen molar-refractivity contribution in [1.82, 2.24) is 5.32 Å². The highest BCUT2D eigenvalue weighted by atomic mass is 35.5. The molecule has 15 heavy (non-hydrogen) atoms. The average Bonchev–Trinajstić information content (AvgIpc) is 2.25. The van der Waals surface area contributed by atoms with Crippen LogP contribution in [0.4, 0.5) is 0 Å². The van der Waals surface area contributed by atoms with Crippen LogP contribution < -0.4 is 5.32 Å². The number of carbonyl (C=O) groups is 1. The molecule has 0 radical (unpaired) electrons. The maximum atomic E-state index is 11.8. The summed E-state index contributed by atoms with van der Waals surface area (Å²) >= 11 is 5.77. The average molecular weight is 226 g/mol. The van der Waals surface area contributed by atoms with Crippen LogP contribution in [-0.4, -0.2) is 17.8 Å². The second-order valence-corrected chi connectivity index (χ2v) is 4.25. The number of rotatable bonds is 4. The highest BCUT2D eigenvalue weighted by Gasteiger charge is 2.09. The molecule has 1 aromatic carbocycles. The van der Waals surface area contributed by atoms with Crippen LogP contribution in [0.15, 0.2) is 24.3 Å². The Morgan fingerprint density at radius 1 is 1.47 bits per heavy atom. The van der Waals surface area contributed by atoms with Gasteiger partial charge in [0.05, 0.1) is 0 Å². The summed E-state index contributed by atoms with van der Waals surface area (Å²) in [5.41, 5.74) is 1.81. The SMILES string of the molecule is CCc1ccccc1C(=O)NCC(C)Cl. The third-order valence-electron chi connectivity index (χ3n) is 2.19. The number of alkyl halides is 1. The summed E-state index contributed by atoms with van der Waals surface area (Å²) in [7, 11) is 0. The van der Waals surface area contributed by atoms with Crippen molar-refractivity contribution in [3.05, 3.63) is 35.4 Å². The van der Waals surface area contributed by atoms with E-state index in [1.54, 1.807) is 0 Å². The van der Waals surface area contributed by atoms with Crippen LogP contribution in [0, 0.1) is 0 Å². The number of carbonyl (C=O) groups excluding carboxylic acids is 1.